The number of hydrogen-bond acceptors (Lipinski definition) is 2. The van der Waals surface area contributed by atoms with Crippen LogP contribution in [0.2, 0.25) is 0 Å². The Labute approximate surface area is 131 Å². The van der Waals surface area contributed by atoms with Crippen LogP contribution >= 0.6 is 12.2 Å². The molecule has 0 saturated carbocycles. The summed E-state index contributed by atoms with van der Waals surface area (Å²) >= 11 is 5.01. The fourth-order valence-electron chi connectivity index (χ4n) is 2.19. The van der Waals surface area contributed by atoms with Gasteiger partial charge < -0.3 is 10.5 Å². The molecule has 0 aliphatic heterocycles. The van der Waals surface area contributed by atoms with Crippen LogP contribution in [0.3, 0.4) is 0 Å². The fourth-order valence-corrected chi connectivity index (χ4v) is 2.31. The summed E-state index contributed by atoms with van der Waals surface area (Å²) in [5.41, 5.74) is 8.85. The molecule has 3 heteroatoms. The van der Waals surface area contributed by atoms with Crippen molar-refractivity contribution in [1.82, 2.24) is 0 Å². The van der Waals surface area contributed by atoms with Crippen LogP contribution in [0.15, 0.2) is 48.5 Å². The Morgan fingerprint density at radius 3 is 2.48 bits per heavy atom. The molecule has 0 spiro atoms. The molecule has 0 aromatic heterocycles. The lowest BCUT2D eigenvalue weighted by molar-refractivity contribution is 0.297. The zero-order valence-corrected chi connectivity index (χ0v) is 13.5. The molecule has 2 rings (SSSR count). The first-order valence-electron chi connectivity index (χ1n) is 6.99. The number of para-hydroxylation sites is 1. The molecule has 0 aliphatic rings. The largest absolute Gasteiger partial charge is 0.489 e. The highest BCUT2D eigenvalue weighted by Crippen LogP contribution is 2.31. The van der Waals surface area contributed by atoms with E-state index in [4.69, 9.17) is 22.7 Å². The second kappa shape index (κ2) is 6.27. The number of benzene rings is 2. The van der Waals surface area contributed by atoms with Crippen molar-refractivity contribution in [1.29, 1.82) is 0 Å². The predicted molar refractivity (Wildman–Crippen MR) is 91.8 cm³/mol. The zero-order chi connectivity index (χ0) is 15.5. The van der Waals surface area contributed by atoms with Gasteiger partial charge in [0.2, 0.25) is 0 Å². The SMILES string of the molecule is CC(C)(C)c1ccccc1OCc1cccc(C(N)=S)c1. The molecule has 21 heavy (non-hydrogen) atoms. The van der Waals surface area contributed by atoms with Gasteiger partial charge in [-0.05, 0) is 28.7 Å². The molecule has 0 heterocycles. The molecule has 0 radical (unpaired) electrons. The second-order valence-corrected chi connectivity index (χ2v) is 6.54. The van der Waals surface area contributed by atoms with Gasteiger partial charge in [-0.15, -0.1) is 0 Å². The van der Waals surface area contributed by atoms with Crippen LogP contribution in [-0.2, 0) is 12.0 Å². The Hall–Kier alpha value is -1.87. The molecule has 0 fully saturated rings. The predicted octanol–water partition coefficient (Wildman–Crippen LogP) is 4.20. The van der Waals surface area contributed by atoms with Crippen molar-refractivity contribution < 1.29 is 4.74 Å². The highest BCUT2D eigenvalue weighted by molar-refractivity contribution is 7.80. The Kier molecular flexibility index (Phi) is 4.63. The van der Waals surface area contributed by atoms with Crippen molar-refractivity contribution in [3.05, 3.63) is 65.2 Å². The summed E-state index contributed by atoms with van der Waals surface area (Å²) in [5.74, 6) is 0.922. The van der Waals surface area contributed by atoms with Gasteiger partial charge in [0, 0.05) is 5.56 Å². The molecule has 0 aliphatic carbocycles. The molecule has 2 aromatic carbocycles. The summed E-state index contributed by atoms with van der Waals surface area (Å²) in [7, 11) is 0. The fraction of sp³-hybridized carbons (Fsp3) is 0.278. The molecular weight excluding hydrogens is 278 g/mol. The standard InChI is InChI=1S/C18H21NOS/c1-18(2,3)15-9-4-5-10-16(15)20-12-13-7-6-8-14(11-13)17(19)21/h4-11H,12H2,1-3H3,(H2,19,21). The average molecular weight is 299 g/mol. The first kappa shape index (κ1) is 15.5. The summed E-state index contributed by atoms with van der Waals surface area (Å²) in [4.78, 5) is 0.409. The number of rotatable bonds is 4. The minimum atomic E-state index is 0.0528. The van der Waals surface area contributed by atoms with Gasteiger partial charge in [-0.2, -0.15) is 0 Å². The first-order chi connectivity index (χ1) is 9.88. The Morgan fingerprint density at radius 2 is 1.81 bits per heavy atom. The van der Waals surface area contributed by atoms with Crippen molar-refractivity contribution in [2.45, 2.75) is 32.8 Å². The van der Waals surface area contributed by atoms with Crippen LogP contribution in [-0.4, -0.2) is 4.99 Å². The summed E-state index contributed by atoms with van der Waals surface area (Å²) in [6.07, 6.45) is 0. The lowest BCUT2D eigenvalue weighted by atomic mass is 9.86. The van der Waals surface area contributed by atoms with Gasteiger partial charge in [0.25, 0.3) is 0 Å². The molecule has 0 bridgehead atoms. The van der Waals surface area contributed by atoms with Crippen LogP contribution in [0.25, 0.3) is 0 Å². The number of thiocarbonyl (C=S) groups is 1. The maximum atomic E-state index is 6.00. The van der Waals surface area contributed by atoms with Crippen molar-refractivity contribution in [2.24, 2.45) is 5.73 Å². The van der Waals surface area contributed by atoms with E-state index in [1.165, 1.54) is 5.56 Å². The lowest BCUT2D eigenvalue weighted by Crippen LogP contribution is -2.13. The molecule has 0 unspecified atom stereocenters. The van der Waals surface area contributed by atoms with E-state index < -0.39 is 0 Å². The van der Waals surface area contributed by atoms with Gasteiger partial charge in [0.05, 0.1) is 0 Å². The van der Waals surface area contributed by atoms with E-state index in [1.54, 1.807) is 0 Å². The van der Waals surface area contributed by atoms with E-state index >= 15 is 0 Å². The van der Waals surface area contributed by atoms with Crippen molar-refractivity contribution in [3.8, 4) is 5.75 Å². The molecule has 2 aromatic rings. The normalized spacial score (nSPS) is 11.2. The Bertz CT molecular complexity index is 644. The highest BCUT2D eigenvalue weighted by Gasteiger charge is 2.18. The Morgan fingerprint density at radius 1 is 1.10 bits per heavy atom. The van der Waals surface area contributed by atoms with E-state index in [2.05, 4.69) is 26.8 Å². The smallest absolute Gasteiger partial charge is 0.123 e. The first-order valence-corrected chi connectivity index (χ1v) is 7.40. The van der Waals surface area contributed by atoms with Crippen molar-refractivity contribution >= 4 is 17.2 Å². The van der Waals surface area contributed by atoms with Gasteiger partial charge in [-0.25, -0.2) is 0 Å². The molecule has 0 atom stereocenters. The molecule has 2 nitrogen and oxygen atoms in total. The third kappa shape index (κ3) is 4.05. The lowest BCUT2D eigenvalue weighted by Gasteiger charge is -2.22. The molecule has 0 saturated heterocycles. The minimum absolute atomic E-state index is 0.0528. The van der Waals surface area contributed by atoms with Gasteiger partial charge in [0.1, 0.15) is 17.3 Å². The Balaban J connectivity index is 2.17. The summed E-state index contributed by atoms with van der Waals surface area (Å²) < 4.78 is 6.00. The molecular formula is C18H21NOS. The highest BCUT2D eigenvalue weighted by atomic mass is 32.1. The third-order valence-electron chi connectivity index (χ3n) is 3.30. The summed E-state index contributed by atoms with van der Waals surface area (Å²) in [6, 6.07) is 16.0. The van der Waals surface area contributed by atoms with Crippen LogP contribution in [0, 0.1) is 0 Å². The van der Waals surface area contributed by atoms with Gasteiger partial charge in [-0.3, -0.25) is 0 Å². The van der Waals surface area contributed by atoms with E-state index in [0.717, 1.165) is 16.9 Å². The molecule has 110 valence electrons. The second-order valence-electron chi connectivity index (χ2n) is 6.10. The number of hydrogen-bond donors (Lipinski definition) is 1. The van der Waals surface area contributed by atoms with Crippen LogP contribution in [0.1, 0.15) is 37.5 Å². The molecule has 2 N–H and O–H groups in total. The van der Waals surface area contributed by atoms with Gasteiger partial charge in [0.15, 0.2) is 0 Å². The summed E-state index contributed by atoms with van der Waals surface area (Å²) in [5, 5.41) is 0. The summed E-state index contributed by atoms with van der Waals surface area (Å²) in [6.45, 7) is 7.05. The van der Waals surface area contributed by atoms with E-state index in [1.807, 2.05) is 42.5 Å². The van der Waals surface area contributed by atoms with E-state index in [9.17, 15) is 0 Å². The van der Waals surface area contributed by atoms with Crippen LogP contribution < -0.4 is 10.5 Å². The number of nitrogens with two attached hydrogens (primary N) is 1. The van der Waals surface area contributed by atoms with Crippen molar-refractivity contribution in [3.63, 3.8) is 0 Å². The topological polar surface area (TPSA) is 35.2 Å². The van der Waals surface area contributed by atoms with E-state index in [0.29, 0.717) is 11.6 Å². The minimum Gasteiger partial charge on any atom is -0.489 e. The number of ether oxygens (including phenoxy) is 1. The van der Waals surface area contributed by atoms with Gasteiger partial charge in [-0.1, -0.05) is 69.4 Å². The monoisotopic (exact) mass is 299 g/mol. The van der Waals surface area contributed by atoms with Crippen molar-refractivity contribution in [2.75, 3.05) is 0 Å². The van der Waals surface area contributed by atoms with Gasteiger partial charge >= 0.3 is 0 Å². The van der Waals surface area contributed by atoms with Crippen LogP contribution in [0.5, 0.6) is 5.75 Å². The quantitative estimate of drug-likeness (QED) is 0.859. The maximum absolute atomic E-state index is 6.00. The molecule has 0 amide bonds. The third-order valence-corrected chi connectivity index (χ3v) is 3.54. The average Bonchev–Trinajstić information content (AvgIpc) is 2.45. The van der Waals surface area contributed by atoms with E-state index in [-0.39, 0.29) is 5.41 Å². The van der Waals surface area contributed by atoms with Crippen LogP contribution in [0.4, 0.5) is 0 Å². The zero-order valence-electron chi connectivity index (χ0n) is 12.7. The maximum Gasteiger partial charge on any atom is 0.123 e.